The lowest BCUT2D eigenvalue weighted by Gasteiger charge is -2.10. The number of nitrogens with zero attached hydrogens (tertiary/aromatic N) is 1. The Morgan fingerprint density at radius 3 is 2.45 bits per heavy atom. The predicted octanol–water partition coefficient (Wildman–Crippen LogP) is 4.61. The predicted molar refractivity (Wildman–Crippen MR) is 84.2 cm³/mol. The van der Waals surface area contributed by atoms with E-state index in [2.05, 4.69) is 25.6 Å². The van der Waals surface area contributed by atoms with Gasteiger partial charge in [0, 0.05) is 10.7 Å². The van der Waals surface area contributed by atoms with Crippen molar-refractivity contribution in [3.8, 4) is 0 Å². The third-order valence-electron chi connectivity index (χ3n) is 2.25. The molecule has 0 fully saturated rings. The highest BCUT2D eigenvalue weighted by atomic mass is 79.9. The van der Waals surface area contributed by atoms with Crippen LogP contribution >= 0.6 is 50.7 Å². The molecule has 2 aromatic rings. The first-order valence-electron chi connectivity index (χ1n) is 5.08. The second kappa shape index (κ2) is 6.07. The number of sulfonamides is 1. The van der Waals surface area contributed by atoms with Gasteiger partial charge in [0.2, 0.25) is 0 Å². The van der Waals surface area contributed by atoms with E-state index in [9.17, 15) is 8.42 Å². The molecule has 0 saturated heterocycles. The Hall–Kier alpha value is -0.530. The lowest BCUT2D eigenvalue weighted by Crippen LogP contribution is -2.13. The van der Waals surface area contributed by atoms with E-state index in [-0.39, 0.29) is 25.8 Å². The van der Waals surface area contributed by atoms with Gasteiger partial charge in [-0.2, -0.15) is 0 Å². The average Bonchev–Trinajstić information content (AvgIpc) is 2.36. The van der Waals surface area contributed by atoms with Gasteiger partial charge in [0.05, 0.1) is 15.7 Å². The van der Waals surface area contributed by atoms with Crippen molar-refractivity contribution in [2.24, 2.45) is 0 Å². The maximum absolute atomic E-state index is 12.2. The average molecular weight is 417 g/mol. The van der Waals surface area contributed by atoms with Crippen LogP contribution < -0.4 is 4.72 Å². The Morgan fingerprint density at radius 1 is 1.10 bits per heavy atom. The monoisotopic (exact) mass is 414 g/mol. The summed E-state index contributed by atoms with van der Waals surface area (Å²) in [4.78, 5) is 3.59. The molecule has 9 heteroatoms. The van der Waals surface area contributed by atoms with Crippen molar-refractivity contribution < 1.29 is 8.42 Å². The molecule has 0 spiro atoms. The van der Waals surface area contributed by atoms with Crippen LogP contribution in [0.5, 0.6) is 0 Å². The quantitative estimate of drug-likeness (QED) is 0.744. The Bertz CT molecular complexity index is 768. The van der Waals surface area contributed by atoms with Crippen molar-refractivity contribution >= 4 is 66.4 Å². The topological polar surface area (TPSA) is 59.1 Å². The Balaban J connectivity index is 2.40. The fraction of sp³-hybridized carbons (Fsp3) is 0. The van der Waals surface area contributed by atoms with Crippen molar-refractivity contribution in [1.82, 2.24) is 4.98 Å². The molecule has 2 rings (SSSR count). The first kappa shape index (κ1) is 15.9. The van der Waals surface area contributed by atoms with Crippen LogP contribution in [0.2, 0.25) is 15.2 Å². The molecular formula is C11H6BrCl3N2O2S. The van der Waals surface area contributed by atoms with Crippen LogP contribution in [0, 0.1) is 0 Å². The zero-order valence-electron chi connectivity index (χ0n) is 9.57. The maximum atomic E-state index is 12.2. The number of hydrogen-bond acceptors (Lipinski definition) is 3. The van der Waals surface area contributed by atoms with E-state index in [0.29, 0.717) is 4.47 Å². The van der Waals surface area contributed by atoms with Crippen LogP contribution in [0.1, 0.15) is 0 Å². The summed E-state index contributed by atoms with van der Waals surface area (Å²) in [6.07, 6.45) is 1.11. The first-order chi connectivity index (χ1) is 9.29. The van der Waals surface area contributed by atoms with Crippen molar-refractivity contribution in [2.75, 3.05) is 4.72 Å². The molecule has 0 aliphatic heterocycles. The van der Waals surface area contributed by atoms with E-state index in [1.165, 1.54) is 6.07 Å². The highest BCUT2D eigenvalue weighted by Gasteiger charge is 2.18. The highest BCUT2D eigenvalue weighted by Crippen LogP contribution is 2.29. The lowest BCUT2D eigenvalue weighted by molar-refractivity contribution is 0.601. The second-order valence-corrected chi connectivity index (χ2v) is 7.44. The minimum absolute atomic E-state index is 0.0334. The van der Waals surface area contributed by atoms with Gasteiger partial charge >= 0.3 is 0 Å². The number of nitrogens with one attached hydrogen (secondary N) is 1. The fourth-order valence-corrected chi connectivity index (χ4v) is 3.29. The van der Waals surface area contributed by atoms with Crippen molar-refractivity contribution in [2.45, 2.75) is 4.90 Å². The summed E-state index contributed by atoms with van der Waals surface area (Å²) >= 11 is 20.6. The van der Waals surface area contributed by atoms with Crippen molar-refractivity contribution in [3.63, 3.8) is 0 Å². The molecule has 20 heavy (non-hydrogen) atoms. The molecule has 1 aromatic heterocycles. The standard InChI is InChI=1S/C11H6BrCl3N2O2S/c12-6-1-2-8(13)10(3-6)17-20(18,19)7-4-9(14)11(15)16-5-7/h1-5,17H. The van der Waals surface area contributed by atoms with Crippen molar-refractivity contribution in [3.05, 3.63) is 50.1 Å². The summed E-state index contributed by atoms with van der Waals surface area (Å²) < 4.78 is 27.4. The van der Waals surface area contributed by atoms with E-state index < -0.39 is 10.0 Å². The molecule has 0 aliphatic rings. The normalized spacial score (nSPS) is 11.4. The van der Waals surface area contributed by atoms with E-state index in [4.69, 9.17) is 34.8 Å². The zero-order chi connectivity index (χ0) is 14.9. The zero-order valence-corrected chi connectivity index (χ0v) is 14.2. The summed E-state index contributed by atoms with van der Waals surface area (Å²) in [5.41, 5.74) is 0.243. The van der Waals surface area contributed by atoms with E-state index in [0.717, 1.165) is 6.20 Å². The SMILES string of the molecule is O=S(=O)(Nc1cc(Br)ccc1Cl)c1cnc(Cl)c(Cl)c1. The molecule has 0 saturated carbocycles. The first-order valence-corrected chi connectivity index (χ1v) is 8.49. The largest absolute Gasteiger partial charge is 0.278 e. The smallest absolute Gasteiger partial charge is 0.263 e. The number of benzene rings is 1. The molecule has 0 radical (unpaired) electrons. The van der Waals surface area contributed by atoms with Gasteiger partial charge in [0.25, 0.3) is 10.0 Å². The van der Waals surface area contributed by atoms with E-state index in [1.54, 1.807) is 18.2 Å². The molecule has 1 N–H and O–H groups in total. The minimum Gasteiger partial charge on any atom is -0.278 e. The van der Waals surface area contributed by atoms with Crippen molar-refractivity contribution in [1.29, 1.82) is 0 Å². The summed E-state index contributed by atoms with van der Waals surface area (Å²) in [6, 6.07) is 6.02. The number of hydrogen-bond donors (Lipinski definition) is 1. The van der Waals surface area contributed by atoms with Gasteiger partial charge in [0.15, 0.2) is 0 Å². The maximum Gasteiger partial charge on any atom is 0.263 e. The van der Waals surface area contributed by atoms with Gasteiger partial charge in [-0.05, 0) is 24.3 Å². The Kier molecular flexibility index (Phi) is 4.81. The Labute approximate surface area is 139 Å². The number of anilines is 1. The molecule has 1 aromatic carbocycles. The number of pyridine rings is 1. The lowest BCUT2D eigenvalue weighted by atomic mass is 10.3. The van der Waals surface area contributed by atoms with Crippen LogP contribution in [0.3, 0.4) is 0 Å². The van der Waals surface area contributed by atoms with Gasteiger partial charge in [-0.1, -0.05) is 50.7 Å². The molecule has 1 heterocycles. The minimum atomic E-state index is -3.85. The van der Waals surface area contributed by atoms with Crippen LogP contribution in [0.25, 0.3) is 0 Å². The van der Waals surface area contributed by atoms with Gasteiger partial charge in [0.1, 0.15) is 10.0 Å². The second-order valence-electron chi connectivity index (χ2n) is 3.67. The molecule has 0 atom stereocenters. The summed E-state index contributed by atoms with van der Waals surface area (Å²) in [5.74, 6) is 0. The fourth-order valence-electron chi connectivity index (χ4n) is 1.33. The van der Waals surface area contributed by atoms with Gasteiger partial charge in [-0.15, -0.1) is 0 Å². The molecule has 4 nitrogen and oxygen atoms in total. The highest BCUT2D eigenvalue weighted by molar-refractivity contribution is 9.10. The van der Waals surface area contributed by atoms with Gasteiger partial charge in [-0.25, -0.2) is 13.4 Å². The molecular weight excluding hydrogens is 410 g/mol. The Morgan fingerprint density at radius 2 is 1.80 bits per heavy atom. The van der Waals surface area contributed by atoms with E-state index in [1.807, 2.05) is 0 Å². The summed E-state index contributed by atoms with van der Waals surface area (Å²) in [7, 11) is -3.85. The molecule has 106 valence electrons. The van der Waals surface area contributed by atoms with Crippen LogP contribution in [-0.2, 0) is 10.0 Å². The number of halogens is 4. The van der Waals surface area contributed by atoms with Gasteiger partial charge in [-0.3, -0.25) is 4.72 Å². The number of rotatable bonds is 3. The van der Waals surface area contributed by atoms with Crippen LogP contribution in [0.15, 0.2) is 39.8 Å². The third-order valence-corrected chi connectivity index (χ3v) is 5.10. The molecule has 0 amide bonds. The van der Waals surface area contributed by atoms with Crippen LogP contribution in [0.4, 0.5) is 5.69 Å². The van der Waals surface area contributed by atoms with E-state index >= 15 is 0 Å². The summed E-state index contributed by atoms with van der Waals surface area (Å²) in [6.45, 7) is 0. The summed E-state index contributed by atoms with van der Waals surface area (Å²) in [5, 5.41) is 0.353. The van der Waals surface area contributed by atoms with Gasteiger partial charge < -0.3 is 0 Å². The molecule has 0 unspecified atom stereocenters. The number of aromatic nitrogens is 1. The molecule has 0 bridgehead atoms. The third kappa shape index (κ3) is 3.56. The molecule has 0 aliphatic carbocycles. The van der Waals surface area contributed by atoms with Crippen LogP contribution in [-0.4, -0.2) is 13.4 Å².